The smallest absolute Gasteiger partial charge is 0.546 e. The zero-order valence-corrected chi connectivity index (χ0v) is 25.6. The monoisotopic (exact) mass is 581 g/mol. The SMILES string of the molecule is COc1ccc2c(c1)nc(S(=O)Cc1ncc(C)c(OC)c1C)n2S(=O)(=O)c1ccc(OCC(=O)[O-])cc1.[Na+]. The van der Waals surface area contributed by atoms with Crippen LogP contribution in [0.15, 0.2) is 58.7 Å². The van der Waals surface area contributed by atoms with Crippen molar-refractivity contribution in [2.75, 3.05) is 20.8 Å². The first-order valence-corrected chi connectivity index (χ1v) is 13.9. The summed E-state index contributed by atoms with van der Waals surface area (Å²) in [5.41, 5.74) is 2.47. The Kier molecular flexibility index (Phi) is 9.78. The number of benzene rings is 2. The summed E-state index contributed by atoms with van der Waals surface area (Å²) in [6.07, 6.45) is 1.60. The fourth-order valence-electron chi connectivity index (χ4n) is 3.88. The second kappa shape index (κ2) is 12.5. The molecule has 0 spiro atoms. The van der Waals surface area contributed by atoms with Gasteiger partial charge in [-0.3, -0.25) is 9.19 Å². The summed E-state index contributed by atoms with van der Waals surface area (Å²) in [6.45, 7) is 2.95. The van der Waals surface area contributed by atoms with E-state index in [1.807, 2.05) is 6.92 Å². The van der Waals surface area contributed by atoms with Gasteiger partial charge in [-0.2, -0.15) is 0 Å². The Bertz CT molecular complexity index is 1650. The van der Waals surface area contributed by atoms with Crippen LogP contribution in [0.3, 0.4) is 0 Å². The Morgan fingerprint density at radius 3 is 2.33 bits per heavy atom. The van der Waals surface area contributed by atoms with Crippen LogP contribution in [0.1, 0.15) is 16.8 Å². The minimum atomic E-state index is -4.30. The quantitative estimate of drug-likeness (QED) is 0.208. The molecule has 2 aromatic heterocycles. The summed E-state index contributed by atoms with van der Waals surface area (Å²) >= 11 is 0. The van der Waals surface area contributed by atoms with Crippen molar-refractivity contribution in [1.82, 2.24) is 13.9 Å². The Morgan fingerprint density at radius 1 is 1.05 bits per heavy atom. The van der Waals surface area contributed by atoms with E-state index in [4.69, 9.17) is 14.2 Å². The van der Waals surface area contributed by atoms with Gasteiger partial charge in [-0.15, -0.1) is 0 Å². The zero-order chi connectivity index (χ0) is 27.6. The van der Waals surface area contributed by atoms with Gasteiger partial charge in [0.1, 0.15) is 23.9 Å². The predicted molar refractivity (Wildman–Crippen MR) is 136 cm³/mol. The van der Waals surface area contributed by atoms with Gasteiger partial charge in [-0.25, -0.2) is 17.4 Å². The molecule has 2 aromatic carbocycles. The fraction of sp³-hybridized carbons (Fsp3) is 0.240. The van der Waals surface area contributed by atoms with Gasteiger partial charge in [0.15, 0.2) is 0 Å². The summed E-state index contributed by atoms with van der Waals surface area (Å²) in [7, 11) is -3.23. The van der Waals surface area contributed by atoms with Crippen LogP contribution in [-0.2, 0) is 31.4 Å². The van der Waals surface area contributed by atoms with Crippen molar-refractivity contribution >= 4 is 37.8 Å². The first-order chi connectivity index (χ1) is 18.1. The van der Waals surface area contributed by atoms with Gasteiger partial charge in [0.05, 0.1) is 58.4 Å². The Hall–Kier alpha value is -2.97. The summed E-state index contributed by atoms with van der Waals surface area (Å²) in [6, 6.07) is 9.82. The van der Waals surface area contributed by atoms with E-state index in [0.29, 0.717) is 22.8 Å². The molecule has 1 atom stereocenters. The molecule has 0 aliphatic carbocycles. The maximum absolute atomic E-state index is 13.8. The first-order valence-electron chi connectivity index (χ1n) is 11.2. The van der Waals surface area contributed by atoms with Gasteiger partial charge < -0.3 is 24.1 Å². The molecular weight excluding hydrogens is 557 g/mol. The number of aromatic nitrogens is 3. The molecular formula is C25H24N3NaO8S2. The second-order valence-electron chi connectivity index (χ2n) is 8.19. The minimum Gasteiger partial charge on any atom is -0.546 e. The van der Waals surface area contributed by atoms with E-state index in [1.54, 1.807) is 25.3 Å². The van der Waals surface area contributed by atoms with E-state index in [9.17, 15) is 22.5 Å². The van der Waals surface area contributed by atoms with Crippen LogP contribution in [0, 0.1) is 13.8 Å². The topological polar surface area (TPSA) is 150 Å². The first kappa shape index (κ1) is 30.6. The molecule has 0 N–H and O–H groups in total. The Morgan fingerprint density at radius 2 is 1.72 bits per heavy atom. The van der Waals surface area contributed by atoms with Gasteiger partial charge in [-0.1, -0.05) is 0 Å². The van der Waals surface area contributed by atoms with Crippen molar-refractivity contribution in [3.05, 3.63) is 65.5 Å². The van der Waals surface area contributed by atoms with Crippen LogP contribution in [0.2, 0.25) is 0 Å². The number of rotatable bonds is 10. The zero-order valence-electron chi connectivity index (χ0n) is 22.0. The van der Waals surface area contributed by atoms with Gasteiger partial charge in [-0.05, 0) is 50.2 Å². The average molecular weight is 582 g/mol. The summed E-state index contributed by atoms with van der Waals surface area (Å²) in [4.78, 5) is 19.3. The number of carbonyl (C=O) groups excluding carboxylic acids is 1. The number of carboxylic acids is 1. The Labute approximate surface area is 249 Å². The number of methoxy groups -OCH3 is 2. The third kappa shape index (κ3) is 6.28. The largest absolute Gasteiger partial charge is 1.00 e. The number of hydrogen-bond acceptors (Lipinski definition) is 10. The number of pyridine rings is 1. The molecule has 0 saturated heterocycles. The van der Waals surface area contributed by atoms with Gasteiger partial charge in [0.2, 0.25) is 5.16 Å². The van der Waals surface area contributed by atoms with E-state index in [2.05, 4.69) is 9.97 Å². The number of ether oxygens (including phenoxy) is 3. The molecule has 1 unspecified atom stereocenters. The molecule has 0 bridgehead atoms. The summed E-state index contributed by atoms with van der Waals surface area (Å²) in [5, 5.41) is 10.5. The van der Waals surface area contributed by atoms with Gasteiger partial charge in [0, 0.05) is 23.4 Å². The maximum Gasteiger partial charge on any atom is 1.00 e. The van der Waals surface area contributed by atoms with Crippen molar-refractivity contribution < 1.29 is 66.3 Å². The molecule has 0 aliphatic rings. The predicted octanol–water partition coefficient (Wildman–Crippen LogP) is -1.26. The molecule has 0 radical (unpaired) electrons. The van der Waals surface area contributed by atoms with Crippen molar-refractivity contribution in [3.63, 3.8) is 0 Å². The molecule has 14 heteroatoms. The minimum absolute atomic E-state index is 0. The van der Waals surface area contributed by atoms with Crippen LogP contribution in [0.25, 0.3) is 11.0 Å². The van der Waals surface area contributed by atoms with E-state index >= 15 is 0 Å². The van der Waals surface area contributed by atoms with Crippen molar-refractivity contribution in [2.24, 2.45) is 0 Å². The van der Waals surface area contributed by atoms with E-state index < -0.39 is 33.4 Å². The van der Waals surface area contributed by atoms with Crippen LogP contribution >= 0.6 is 0 Å². The third-order valence-electron chi connectivity index (χ3n) is 5.73. The van der Waals surface area contributed by atoms with Crippen molar-refractivity contribution in [2.45, 2.75) is 29.7 Å². The maximum atomic E-state index is 13.8. The molecule has 11 nitrogen and oxygen atoms in total. The number of carboxylic acid groups (broad SMARTS) is 1. The number of aryl methyl sites for hydroxylation is 1. The number of nitrogens with zero attached hydrogens (tertiary/aromatic N) is 3. The number of carbonyl (C=O) groups is 1. The van der Waals surface area contributed by atoms with Gasteiger partial charge >= 0.3 is 29.6 Å². The standard InChI is InChI=1S/C25H25N3O8S2.Na/c1-15-12-26-21(16(2)24(15)35-4)14-37(31)25-27-20-11-18(34-3)7-10-22(20)28(25)38(32,33)19-8-5-17(6-9-19)36-13-23(29)30;/h5-12H,13-14H2,1-4H3,(H,29,30);/q;+1/p-1. The van der Waals surface area contributed by atoms with E-state index in [1.165, 1.54) is 44.6 Å². The summed E-state index contributed by atoms with van der Waals surface area (Å²) in [5.74, 6) is -0.308. The van der Waals surface area contributed by atoms with Gasteiger partial charge in [0.25, 0.3) is 10.0 Å². The third-order valence-corrected chi connectivity index (χ3v) is 8.78. The Balaban J connectivity index is 0.00000420. The van der Waals surface area contributed by atoms with Crippen LogP contribution in [0.4, 0.5) is 0 Å². The fourth-order valence-corrected chi connectivity index (χ4v) is 6.93. The molecule has 0 fully saturated rings. The number of hydrogen-bond donors (Lipinski definition) is 0. The molecule has 0 saturated carbocycles. The van der Waals surface area contributed by atoms with E-state index in [-0.39, 0.29) is 62.1 Å². The molecule has 0 amide bonds. The van der Waals surface area contributed by atoms with Crippen LogP contribution in [-0.4, -0.2) is 53.4 Å². The molecule has 4 aromatic rings. The molecule has 0 aliphatic heterocycles. The molecule has 4 rings (SSSR count). The number of fused-ring (bicyclic) bond motifs is 1. The van der Waals surface area contributed by atoms with Crippen molar-refractivity contribution in [3.8, 4) is 17.2 Å². The number of imidazole rings is 1. The van der Waals surface area contributed by atoms with Crippen LogP contribution in [0.5, 0.6) is 17.2 Å². The van der Waals surface area contributed by atoms with Crippen LogP contribution < -0.4 is 48.9 Å². The molecule has 39 heavy (non-hydrogen) atoms. The summed E-state index contributed by atoms with van der Waals surface area (Å²) < 4.78 is 57.9. The normalized spacial score (nSPS) is 12.0. The van der Waals surface area contributed by atoms with E-state index in [0.717, 1.165) is 9.54 Å². The second-order valence-corrected chi connectivity index (χ2v) is 11.3. The number of aliphatic carboxylic acids is 1. The van der Waals surface area contributed by atoms with Crippen molar-refractivity contribution in [1.29, 1.82) is 0 Å². The average Bonchev–Trinajstić information content (AvgIpc) is 3.29. The molecule has 200 valence electrons. The molecule has 2 heterocycles.